The molecule has 1 aromatic carbocycles. The summed E-state index contributed by atoms with van der Waals surface area (Å²) in [6.07, 6.45) is 4.76. The van der Waals surface area contributed by atoms with Crippen LogP contribution in [0.2, 0.25) is 0 Å². The molecule has 0 unspecified atom stereocenters. The maximum atomic E-state index is 12.9. The van der Waals surface area contributed by atoms with Crippen LogP contribution in [-0.4, -0.2) is 60.1 Å². The van der Waals surface area contributed by atoms with Gasteiger partial charge in [-0.15, -0.1) is 0 Å². The number of carbonyl (C=O) groups is 1. The van der Waals surface area contributed by atoms with Crippen LogP contribution >= 0.6 is 0 Å². The Kier molecular flexibility index (Phi) is 4.13. The number of aliphatic hydroxyl groups excluding tert-OH is 1. The van der Waals surface area contributed by atoms with E-state index in [1.807, 2.05) is 11.9 Å². The molecule has 130 valence electrons. The monoisotopic (exact) mass is 328 g/mol. The van der Waals surface area contributed by atoms with Crippen molar-refractivity contribution in [2.45, 2.75) is 43.6 Å². The Morgan fingerprint density at radius 2 is 1.92 bits per heavy atom. The second-order valence-corrected chi connectivity index (χ2v) is 7.99. The zero-order valence-corrected chi connectivity index (χ0v) is 14.6. The topological polar surface area (TPSA) is 43.8 Å². The molecule has 2 aliphatic heterocycles. The summed E-state index contributed by atoms with van der Waals surface area (Å²) in [7, 11) is 2.03. The minimum absolute atomic E-state index is 0.162. The first-order valence-electron chi connectivity index (χ1n) is 9.33. The predicted octanol–water partition coefficient (Wildman–Crippen LogP) is 1.81. The zero-order chi connectivity index (χ0) is 16.7. The fourth-order valence-corrected chi connectivity index (χ4v) is 5.02. The first-order chi connectivity index (χ1) is 11.6. The number of hydrogen-bond acceptors (Lipinski definition) is 3. The second-order valence-electron chi connectivity index (χ2n) is 7.99. The van der Waals surface area contributed by atoms with E-state index in [-0.39, 0.29) is 17.2 Å². The van der Waals surface area contributed by atoms with E-state index in [0.717, 1.165) is 32.5 Å². The van der Waals surface area contributed by atoms with Gasteiger partial charge < -0.3 is 14.9 Å². The van der Waals surface area contributed by atoms with Gasteiger partial charge in [-0.2, -0.15) is 0 Å². The van der Waals surface area contributed by atoms with Gasteiger partial charge in [-0.1, -0.05) is 24.3 Å². The van der Waals surface area contributed by atoms with Crippen molar-refractivity contribution in [2.75, 3.05) is 33.2 Å². The second kappa shape index (κ2) is 6.16. The van der Waals surface area contributed by atoms with Gasteiger partial charge >= 0.3 is 0 Å². The molecule has 1 aromatic rings. The molecule has 4 nitrogen and oxygen atoms in total. The molecule has 4 rings (SSSR count). The molecule has 3 aliphatic rings. The van der Waals surface area contributed by atoms with Gasteiger partial charge in [0.05, 0.1) is 12.0 Å². The van der Waals surface area contributed by atoms with Gasteiger partial charge in [0.2, 0.25) is 5.91 Å². The number of aliphatic hydroxyl groups is 1. The number of piperidine rings is 2. The molecule has 1 aliphatic carbocycles. The highest BCUT2D eigenvalue weighted by molar-refractivity contribution is 5.80. The van der Waals surface area contributed by atoms with Gasteiger partial charge in [0.25, 0.3) is 0 Å². The third kappa shape index (κ3) is 2.66. The maximum Gasteiger partial charge on any atom is 0.229 e. The van der Waals surface area contributed by atoms with Crippen molar-refractivity contribution in [3.05, 3.63) is 35.4 Å². The first kappa shape index (κ1) is 16.1. The van der Waals surface area contributed by atoms with E-state index in [4.69, 9.17) is 0 Å². The molecule has 2 saturated heterocycles. The smallest absolute Gasteiger partial charge is 0.229 e. The Labute approximate surface area is 144 Å². The summed E-state index contributed by atoms with van der Waals surface area (Å²) in [4.78, 5) is 17.1. The van der Waals surface area contributed by atoms with Crippen LogP contribution in [0.4, 0.5) is 0 Å². The highest BCUT2D eigenvalue weighted by Crippen LogP contribution is 2.46. The van der Waals surface area contributed by atoms with E-state index in [9.17, 15) is 9.90 Å². The Hall–Kier alpha value is -1.39. The van der Waals surface area contributed by atoms with Crippen LogP contribution in [0.5, 0.6) is 0 Å². The third-order valence-electron chi connectivity index (χ3n) is 6.59. The highest BCUT2D eigenvalue weighted by atomic mass is 16.3. The molecule has 1 amide bonds. The molecule has 0 bridgehead atoms. The molecule has 0 aromatic heterocycles. The number of nitrogens with zero attached hydrogens (tertiary/aromatic N) is 2. The fourth-order valence-electron chi connectivity index (χ4n) is 5.02. The van der Waals surface area contributed by atoms with Crippen molar-refractivity contribution in [1.29, 1.82) is 0 Å². The van der Waals surface area contributed by atoms with Gasteiger partial charge in [-0.3, -0.25) is 4.79 Å². The average molecular weight is 328 g/mol. The van der Waals surface area contributed by atoms with Crippen LogP contribution in [0.15, 0.2) is 24.3 Å². The van der Waals surface area contributed by atoms with E-state index in [0.29, 0.717) is 13.0 Å². The molecule has 0 radical (unpaired) electrons. The molecule has 2 fully saturated rings. The lowest BCUT2D eigenvalue weighted by molar-refractivity contribution is -0.143. The summed E-state index contributed by atoms with van der Waals surface area (Å²) in [5.41, 5.74) is 3.31. The number of aryl methyl sites for hydroxylation is 1. The Morgan fingerprint density at radius 1 is 1.17 bits per heavy atom. The van der Waals surface area contributed by atoms with Crippen LogP contribution in [0, 0.1) is 5.92 Å². The minimum Gasteiger partial charge on any atom is -0.392 e. The summed E-state index contributed by atoms with van der Waals surface area (Å²) >= 11 is 0. The minimum atomic E-state index is -0.475. The summed E-state index contributed by atoms with van der Waals surface area (Å²) in [6, 6.07) is 8.84. The quantitative estimate of drug-likeness (QED) is 0.855. The number of hydrogen-bond donors (Lipinski definition) is 1. The van der Waals surface area contributed by atoms with Gasteiger partial charge in [-0.25, -0.2) is 0 Å². The Morgan fingerprint density at radius 3 is 2.71 bits per heavy atom. The molecule has 1 N–H and O–H groups in total. The molecular formula is C20H28N2O2. The largest absolute Gasteiger partial charge is 0.392 e. The molecule has 0 saturated carbocycles. The van der Waals surface area contributed by atoms with Crippen LogP contribution in [0.3, 0.4) is 0 Å². The molecule has 2 heterocycles. The normalized spacial score (nSPS) is 29.7. The number of benzene rings is 1. The standard InChI is InChI=1S/C20H28N2O2/c1-21-11-7-18(23)16(14-21)19(24)22-12-9-20(10-13-22)8-6-15-4-2-3-5-17(15)20/h2-5,16,18,23H,6-14H2,1H3/t16-,18-/m1/s1. The summed E-state index contributed by atoms with van der Waals surface area (Å²) in [5.74, 6) is -0.0798. The van der Waals surface area contributed by atoms with Crippen LogP contribution in [0.1, 0.15) is 36.8 Å². The SMILES string of the molecule is CN1CC[C@@H](O)[C@H](C(=O)N2CCC3(CCc4ccccc43)CC2)C1. The van der Waals surface area contributed by atoms with E-state index in [2.05, 4.69) is 29.2 Å². The van der Waals surface area contributed by atoms with Crippen molar-refractivity contribution in [1.82, 2.24) is 9.80 Å². The van der Waals surface area contributed by atoms with Gasteiger partial charge in [0.1, 0.15) is 0 Å². The summed E-state index contributed by atoms with van der Waals surface area (Å²) in [5, 5.41) is 10.2. The fraction of sp³-hybridized carbons (Fsp3) is 0.650. The summed E-state index contributed by atoms with van der Waals surface area (Å²) in [6.45, 7) is 3.23. The lowest BCUT2D eigenvalue weighted by Gasteiger charge is -2.43. The van der Waals surface area contributed by atoms with Gasteiger partial charge in [-0.05, 0) is 55.7 Å². The van der Waals surface area contributed by atoms with Crippen LogP contribution in [-0.2, 0) is 16.6 Å². The molecule has 4 heteroatoms. The average Bonchev–Trinajstić information content (AvgIpc) is 2.96. The van der Waals surface area contributed by atoms with Crippen molar-refractivity contribution in [3.8, 4) is 0 Å². The first-order valence-corrected chi connectivity index (χ1v) is 9.33. The predicted molar refractivity (Wildman–Crippen MR) is 93.9 cm³/mol. The lowest BCUT2D eigenvalue weighted by atomic mass is 9.73. The van der Waals surface area contributed by atoms with E-state index < -0.39 is 6.10 Å². The number of carbonyl (C=O) groups excluding carboxylic acids is 1. The number of likely N-dealkylation sites (tertiary alicyclic amines) is 2. The van der Waals surface area contributed by atoms with Crippen molar-refractivity contribution >= 4 is 5.91 Å². The lowest BCUT2D eigenvalue weighted by Crippen LogP contribution is -2.53. The van der Waals surface area contributed by atoms with E-state index >= 15 is 0 Å². The summed E-state index contributed by atoms with van der Waals surface area (Å²) < 4.78 is 0. The molecule has 1 spiro atoms. The van der Waals surface area contributed by atoms with E-state index in [1.54, 1.807) is 0 Å². The van der Waals surface area contributed by atoms with Crippen LogP contribution < -0.4 is 0 Å². The van der Waals surface area contributed by atoms with Crippen LogP contribution in [0.25, 0.3) is 0 Å². The Balaban J connectivity index is 1.44. The van der Waals surface area contributed by atoms with Gasteiger partial charge in [0, 0.05) is 26.2 Å². The molecule has 24 heavy (non-hydrogen) atoms. The highest BCUT2D eigenvalue weighted by Gasteiger charge is 2.43. The van der Waals surface area contributed by atoms with Crippen molar-refractivity contribution in [3.63, 3.8) is 0 Å². The van der Waals surface area contributed by atoms with E-state index in [1.165, 1.54) is 24.0 Å². The zero-order valence-electron chi connectivity index (χ0n) is 14.6. The van der Waals surface area contributed by atoms with Crippen molar-refractivity contribution in [2.24, 2.45) is 5.92 Å². The number of amides is 1. The number of fused-ring (bicyclic) bond motifs is 2. The maximum absolute atomic E-state index is 12.9. The van der Waals surface area contributed by atoms with Gasteiger partial charge in [0.15, 0.2) is 0 Å². The third-order valence-corrected chi connectivity index (χ3v) is 6.59. The van der Waals surface area contributed by atoms with Crippen molar-refractivity contribution < 1.29 is 9.90 Å². The number of rotatable bonds is 1. The molecule has 2 atom stereocenters. The Bertz CT molecular complexity index is 622. The molecular weight excluding hydrogens is 300 g/mol.